The van der Waals surface area contributed by atoms with Gasteiger partial charge < -0.3 is 9.88 Å². The van der Waals surface area contributed by atoms with Crippen LogP contribution >= 0.6 is 0 Å². The van der Waals surface area contributed by atoms with Crippen molar-refractivity contribution in [2.24, 2.45) is 0 Å². The van der Waals surface area contributed by atoms with Crippen molar-refractivity contribution in [1.29, 1.82) is 0 Å². The maximum atomic E-state index is 13.6. The molecule has 0 radical (unpaired) electrons. The van der Waals surface area contributed by atoms with Crippen LogP contribution in [0.1, 0.15) is 47.9 Å². The number of nitrogens with one attached hydrogen (secondary N) is 1. The van der Waals surface area contributed by atoms with E-state index in [9.17, 15) is 13.2 Å². The Labute approximate surface area is 223 Å². The minimum absolute atomic E-state index is 0.110. The van der Waals surface area contributed by atoms with Crippen LogP contribution in [-0.4, -0.2) is 35.6 Å². The van der Waals surface area contributed by atoms with Crippen molar-refractivity contribution >= 4 is 27.3 Å². The summed E-state index contributed by atoms with van der Waals surface area (Å²) in [5.74, 6) is 1.48. The van der Waals surface area contributed by atoms with E-state index in [4.69, 9.17) is 0 Å². The van der Waals surface area contributed by atoms with Crippen LogP contribution in [0.5, 0.6) is 0 Å². The Morgan fingerprint density at radius 2 is 1.74 bits per heavy atom. The van der Waals surface area contributed by atoms with Crippen molar-refractivity contribution in [2.45, 2.75) is 51.0 Å². The summed E-state index contributed by atoms with van der Waals surface area (Å²) >= 11 is 0. The van der Waals surface area contributed by atoms with Gasteiger partial charge in [-0.3, -0.25) is 9.10 Å². The summed E-state index contributed by atoms with van der Waals surface area (Å²) in [6, 6.07) is 21.2. The first-order chi connectivity index (χ1) is 18.4. The highest BCUT2D eigenvalue weighted by Gasteiger charge is 2.26. The molecule has 0 bridgehead atoms. The number of aryl methyl sites for hydroxylation is 2. The fourth-order valence-corrected chi connectivity index (χ4v) is 6.56. The SMILES string of the molecule is CCN(c1ccccc1)S(=O)(=O)c1cc(C(=O)Nc2ccc(-c3nnc4n3CCCCC4)cc2)ccc1C. The van der Waals surface area contributed by atoms with Crippen molar-refractivity contribution in [1.82, 2.24) is 14.8 Å². The van der Waals surface area contributed by atoms with E-state index >= 15 is 0 Å². The average Bonchev–Trinajstić information content (AvgIpc) is 3.17. The van der Waals surface area contributed by atoms with Crippen LogP contribution in [-0.2, 0) is 23.0 Å². The van der Waals surface area contributed by atoms with Crippen molar-refractivity contribution in [3.8, 4) is 11.4 Å². The Kier molecular flexibility index (Phi) is 7.28. The van der Waals surface area contributed by atoms with Gasteiger partial charge in [0.1, 0.15) is 5.82 Å². The molecule has 1 N–H and O–H groups in total. The largest absolute Gasteiger partial charge is 0.322 e. The summed E-state index contributed by atoms with van der Waals surface area (Å²) in [6.07, 6.45) is 4.38. The fourth-order valence-electron chi connectivity index (χ4n) is 4.83. The van der Waals surface area contributed by atoms with E-state index in [-0.39, 0.29) is 22.9 Å². The van der Waals surface area contributed by atoms with E-state index in [1.165, 1.54) is 16.8 Å². The minimum Gasteiger partial charge on any atom is -0.322 e. The lowest BCUT2D eigenvalue weighted by molar-refractivity contribution is 0.102. The molecule has 0 saturated heterocycles. The Balaban J connectivity index is 1.36. The van der Waals surface area contributed by atoms with Gasteiger partial charge in [-0.05, 0) is 80.8 Å². The molecule has 3 aromatic carbocycles. The molecule has 5 rings (SSSR count). The molecule has 0 aliphatic carbocycles. The summed E-state index contributed by atoms with van der Waals surface area (Å²) in [5, 5.41) is 11.6. The number of fused-ring (bicyclic) bond motifs is 1. The van der Waals surface area contributed by atoms with Gasteiger partial charge in [-0.25, -0.2) is 8.42 Å². The van der Waals surface area contributed by atoms with Gasteiger partial charge in [-0.2, -0.15) is 0 Å². The van der Waals surface area contributed by atoms with Crippen molar-refractivity contribution in [3.63, 3.8) is 0 Å². The second kappa shape index (κ2) is 10.8. The van der Waals surface area contributed by atoms with Crippen molar-refractivity contribution < 1.29 is 13.2 Å². The van der Waals surface area contributed by atoms with Gasteiger partial charge in [-0.15, -0.1) is 10.2 Å². The van der Waals surface area contributed by atoms with E-state index in [0.717, 1.165) is 43.0 Å². The van der Waals surface area contributed by atoms with Gasteiger partial charge in [-0.1, -0.05) is 30.7 Å². The van der Waals surface area contributed by atoms with E-state index in [1.54, 1.807) is 50.2 Å². The average molecular weight is 530 g/mol. The molecule has 0 fully saturated rings. The minimum atomic E-state index is -3.87. The Bertz CT molecular complexity index is 1550. The Hall–Kier alpha value is -3.98. The molecule has 1 aliphatic heterocycles. The number of carbonyl (C=O) groups excluding carboxylic acids is 1. The molecule has 8 nitrogen and oxygen atoms in total. The highest BCUT2D eigenvalue weighted by Crippen LogP contribution is 2.27. The van der Waals surface area contributed by atoms with Gasteiger partial charge in [0.25, 0.3) is 15.9 Å². The third-order valence-electron chi connectivity index (χ3n) is 6.86. The first-order valence-corrected chi connectivity index (χ1v) is 14.3. The Morgan fingerprint density at radius 3 is 2.47 bits per heavy atom. The number of hydrogen-bond acceptors (Lipinski definition) is 5. The lowest BCUT2D eigenvalue weighted by atomic mass is 10.1. The molecule has 0 atom stereocenters. The maximum absolute atomic E-state index is 13.6. The van der Waals surface area contributed by atoms with Crippen molar-refractivity contribution in [2.75, 3.05) is 16.2 Å². The number of carbonyl (C=O) groups is 1. The fraction of sp³-hybridized carbons (Fsp3) is 0.276. The summed E-state index contributed by atoms with van der Waals surface area (Å²) in [7, 11) is -3.87. The van der Waals surface area contributed by atoms with Crippen LogP contribution in [0.3, 0.4) is 0 Å². The Morgan fingerprint density at radius 1 is 0.974 bits per heavy atom. The molecule has 4 aromatic rings. The molecule has 1 aliphatic rings. The summed E-state index contributed by atoms with van der Waals surface area (Å²) in [5.41, 5.74) is 2.97. The molecule has 2 heterocycles. The number of rotatable bonds is 7. The number of amides is 1. The van der Waals surface area contributed by atoms with Crippen molar-refractivity contribution in [3.05, 3.63) is 89.7 Å². The van der Waals surface area contributed by atoms with Crippen LogP contribution < -0.4 is 9.62 Å². The highest BCUT2D eigenvalue weighted by molar-refractivity contribution is 7.92. The normalized spacial score (nSPS) is 13.4. The second-order valence-corrected chi connectivity index (χ2v) is 11.2. The zero-order valence-electron chi connectivity index (χ0n) is 21.6. The third-order valence-corrected chi connectivity index (χ3v) is 8.91. The van der Waals surface area contributed by atoms with Crippen LogP contribution in [0.2, 0.25) is 0 Å². The number of anilines is 2. The second-order valence-electron chi connectivity index (χ2n) is 9.42. The highest BCUT2D eigenvalue weighted by atomic mass is 32.2. The molecule has 9 heteroatoms. The van der Waals surface area contributed by atoms with Gasteiger partial charge in [0.15, 0.2) is 5.82 Å². The van der Waals surface area contributed by atoms with E-state index in [1.807, 2.05) is 30.3 Å². The number of hydrogen-bond donors (Lipinski definition) is 1. The third kappa shape index (κ3) is 5.06. The smallest absolute Gasteiger partial charge is 0.264 e. The van der Waals surface area contributed by atoms with Gasteiger partial charge in [0.2, 0.25) is 0 Å². The van der Waals surface area contributed by atoms with Gasteiger partial charge >= 0.3 is 0 Å². The monoisotopic (exact) mass is 529 g/mol. The van der Waals surface area contributed by atoms with E-state index < -0.39 is 10.0 Å². The van der Waals surface area contributed by atoms with Crippen LogP contribution in [0.15, 0.2) is 77.7 Å². The molecular formula is C29H31N5O3S. The molecule has 0 spiro atoms. The maximum Gasteiger partial charge on any atom is 0.264 e. The predicted octanol–water partition coefficient (Wildman–Crippen LogP) is 5.45. The summed E-state index contributed by atoms with van der Waals surface area (Å²) in [4.78, 5) is 13.2. The first-order valence-electron chi connectivity index (χ1n) is 12.9. The molecule has 1 aromatic heterocycles. The topological polar surface area (TPSA) is 97.2 Å². The van der Waals surface area contributed by atoms with Crippen LogP contribution in [0.25, 0.3) is 11.4 Å². The zero-order valence-corrected chi connectivity index (χ0v) is 22.4. The molecule has 0 saturated carbocycles. The number of nitrogens with zero attached hydrogens (tertiary/aromatic N) is 4. The van der Waals surface area contributed by atoms with Gasteiger partial charge in [0.05, 0.1) is 10.6 Å². The number of benzene rings is 3. The number of aromatic nitrogens is 3. The predicted molar refractivity (Wildman–Crippen MR) is 149 cm³/mol. The lowest BCUT2D eigenvalue weighted by Crippen LogP contribution is -2.31. The van der Waals surface area contributed by atoms with E-state index in [2.05, 4.69) is 20.1 Å². The van der Waals surface area contributed by atoms with Crippen LogP contribution in [0, 0.1) is 6.92 Å². The molecule has 196 valence electrons. The molecule has 38 heavy (non-hydrogen) atoms. The quantitative estimate of drug-likeness (QED) is 0.344. The standard InChI is InChI=1S/C29H31N5O3S/c1-3-34(25-10-6-4-7-11-25)38(36,37)26-20-23(14-13-21(26)2)29(35)30-24-17-15-22(16-18-24)28-32-31-27-12-8-5-9-19-33(27)28/h4,6-7,10-11,13-18,20H,3,5,8-9,12,19H2,1-2H3,(H,30,35). The van der Waals surface area contributed by atoms with Crippen LogP contribution in [0.4, 0.5) is 11.4 Å². The number of para-hydroxylation sites is 1. The lowest BCUT2D eigenvalue weighted by Gasteiger charge is -2.24. The first kappa shape index (κ1) is 25.7. The summed E-state index contributed by atoms with van der Waals surface area (Å²) < 4.78 is 30.7. The van der Waals surface area contributed by atoms with Gasteiger partial charge in [0, 0.05) is 36.3 Å². The number of sulfonamides is 1. The molecule has 0 unspecified atom stereocenters. The van der Waals surface area contributed by atoms with E-state index in [0.29, 0.717) is 16.9 Å². The molecule has 1 amide bonds. The zero-order chi connectivity index (χ0) is 26.7. The molecular weight excluding hydrogens is 498 g/mol. The summed E-state index contributed by atoms with van der Waals surface area (Å²) in [6.45, 7) is 4.70.